The molecule has 0 radical (unpaired) electrons. The molecule has 0 aromatic heterocycles. The summed E-state index contributed by atoms with van der Waals surface area (Å²) in [5.74, 6) is 2.88. The van der Waals surface area contributed by atoms with Gasteiger partial charge in [0, 0.05) is 0 Å². The van der Waals surface area contributed by atoms with Crippen LogP contribution in [0.2, 0.25) is 0 Å². The SMILES string of the molecule is C=C(CCC)/C(=C\C=C1/CCCC2C(CCCCC(C)(C)C)CCC12)CC. The number of hydrogen-bond donors (Lipinski definition) is 0. The summed E-state index contributed by atoms with van der Waals surface area (Å²) in [6, 6.07) is 0. The molecular formula is C27H46. The van der Waals surface area contributed by atoms with Crippen LogP contribution >= 0.6 is 0 Å². The maximum absolute atomic E-state index is 4.32. The smallest absolute Gasteiger partial charge is 0.0169 e. The molecule has 0 aromatic rings. The van der Waals surface area contributed by atoms with Gasteiger partial charge in [0.05, 0.1) is 0 Å². The van der Waals surface area contributed by atoms with E-state index >= 15 is 0 Å². The van der Waals surface area contributed by atoms with Crippen molar-refractivity contribution in [2.24, 2.45) is 23.2 Å². The monoisotopic (exact) mass is 370 g/mol. The third-order valence-corrected chi connectivity index (χ3v) is 7.09. The summed E-state index contributed by atoms with van der Waals surface area (Å²) >= 11 is 0. The quantitative estimate of drug-likeness (QED) is 0.280. The number of hydrogen-bond acceptors (Lipinski definition) is 0. The topological polar surface area (TPSA) is 0 Å². The molecule has 0 aliphatic heterocycles. The van der Waals surface area contributed by atoms with Gasteiger partial charge in [-0.3, -0.25) is 0 Å². The first-order chi connectivity index (χ1) is 12.9. The fourth-order valence-electron chi connectivity index (χ4n) is 5.56. The van der Waals surface area contributed by atoms with E-state index in [0.717, 1.165) is 30.6 Å². The Hall–Kier alpha value is -0.780. The van der Waals surface area contributed by atoms with Crippen molar-refractivity contribution < 1.29 is 0 Å². The fourth-order valence-corrected chi connectivity index (χ4v) is 5.56. The van der Waals surface area contributed by atoms with Crippen molar-refractivity contribution in [1.29, 1.82) is 0 Å². The van der Waals surface area contributed by atoms with Crippen molar-refractivity contribution in [2.75, 3.05) is 0 Å². The molecule has 0 aromatic carbocycles. The average Bonchev–Trinajstić information content (AvgIpc) is 3.02. The molecule has 0 bridgehead atoms. The van der Waals surface area contributed by atoms with Crippen LogP contribution in [0.25, 0.3) is 0 Å². The van der Waals surface area contributed by atoms with E-state index in [9.17, 15) is 0 Å². The lowest BCUT2D eigenvalue weighted by Crippen LogP contribution is -2.21. The Morgan fingerprint density at radius 2 is 1.89 bits per heavy atom. The van der Waals surface area contributed by atoms with Crippen LogP contribution in [0.3, 0.4) is 0 Å². The Morgan fingerprint density at radius 1 is 1.11 bits per heavy atom. The first kappa shape index (κ1) is 22.5. The van der Waals surface area contributed by atoms with Crippen molar-refractivity contribution in [1.82, 2.24) is 0 Å². The molecule has 2 aliphatic rings. The standard InChI is InChI=1S/C27H46/c1-7-12-21(3)22(8-2)16-17-24-14-11-15-25-23(18-19-26(24)25)13-9-10-20-27(4,5)6/h16-17,23,25-26H,3,7-15,18-20H2,1-2,4-6H3/b22-16-,24-17+. The highest BCUT2D eigenvalue weighted by molar-refractivity contribution is 5.33. The van der Waals surface area contributed by atoms with Crippen LogP contribution in [0.15, 0.2) is 35.5 Å². The van der Waals surface area contributed by atoms with E-state index in [2.05, 4.69) is 53.3 Å². The summed E-state index contributed by atoms with van der Waals surface area (Å²) in [7, 11) is 0. The van der Waals surface area contributed by atoms with Gasteiger partial charge in [-0.15, -0.1) is 0 Å². The van der Waals surface area contributed by atoms with Crippen molar-refractivity contribution in [2.45, 2.75) is 112 Å². The van der Waals surface area contributed by atoms with E-state index < -0.39 is 0 Å². The second kappa shape index (κ2) is 10.7. The van der Waals surface area contributed by atoms with E-state index in [4.69, 9.17) is 0 Å². The van der Waals surface area contributed by atoms with E-state index in [1.54, 1.807) is 5.57 Å². The minimum Gasteiger partial charge on any atom is -0.0956 e. The highest BCUT2D eigenvalue weighted by Crippen LogP contribution is 2.50. The zero-order valence-corrected chi connectivity index (χ0v) is 19.1. The summed E-state index contributed by atoms with van der Waals surface area (Å²) in [5.41, 5.74) is 5.10. The van der Waals surface area contributed by atoms with Gasteiger partial charge in [-0.1, -0.05) is 90.2 Å². The Labute approximate surface area is 170 Å². The van der Waals surface area contributed by atoms with Crippen LogP contribution in [0.5, 0.6) is 0 Å². The van der Waals surface area contributed by atoms with Crippen LogP contribution in [0.4, 0.5) is 0 Å². The fraction of sp³-hybridized carbons (Fsp3) is 0.778. The predicted octanol–water partition coefficient (Wildman–Crippen LogP) is 9.04. The van der Waals surface area contributed by atoms with Gasteiger partial charge in [-0.05, 0) is 80.1 Å². The van der Waals surface area contributed by atoms with Crippen LogP contribution in [0, 0.1) is 23.2 Å². The van der Waals surface area contributed by atoms with Crippen LogP contribution in [-0.2, 0) is 0 Å². The van der Waals surface area contributed by atoms with Crippen LogP contribution < -0.4 is 0 Å². The molecule has 0 nitrogen and oxygen atoms in total. The molecule has 2 fully saturated rings. The highest BCUT2D eigenvalue weighted by atomic mass is 14.4. The third-order valence-electron chi connectivity index (χ3n) is 7.09. The van der Waals surface area contributed by atoms with E-state index in [1.807, 2.05) is 0 Å². The number of unbranched alkanes of at least 4 members (excludes halogenated alkanes) is 1. The summed E-state index contributed by atoms with van der Waals surface area (Å²) < 4.78 is 0. The maximum Gasteiger partial charge on any atom is -0.0169 e. The predicted molar refractivity (Wildman–Crippen MR) is 122 cm³/mol. The molecule has 2 rings (SSSR count). The molecule has 2 saturated carbocycles. The Morgan fingerprint density at radius 3 is 2.56 bits per heavy atom. The number of rotatable bonds is 9. The molecule has 0 spiro atoms. The van der Waals surface area contributed by atoms with Gasteiger partial charge in [0.25, 0.3) is 0 Å². The molecule has 0 amide bonds. The molecule has 27 heavy (non-hydrogen) atoms. The van der Waals surface area contributed by atoms with Gasteiger partial charge in [-0.2, -0.15) is 0 Å². The third kappa shape index (κ3) is 6.95. The average molecular weight is 371 g/mol. The number of allylic oxidation sites excluding steroid dienone is 5. The maximum atomic E-state index is 4.32. The summed E-state index contributed by atoms with van der Waals surface area (Å²) in [4.78, 5) is 0. The molecular weight excluding hydrogens is 324 g/mol. The van der Waals surface area contributed by atoms with Gasteiger partial charge in [-0.25, -0.2) is 0 Å². The Bertz CT molecular complexity index is 525. The van der Waals surface area contributed by atoms with Gasteiger partial charge < -0.3 is 0 Å². The van der Waals surface area contributed by atoms with Crippen molar-refractivity contribution in [3.63, 3.8) is 0 Å². The zero-order valence-electron chi connectivity index (χ0n) is 19.1. The second-order valence-electron chi connectivity index (χ2n) is 10.4. The Kier molecular flexibility index (Phi) is 8.90. The van der Waals surface area contributed by atoms with Gasteiger partial charge in [0.1, 0.15) is 0 Å². The first-order valence-electron chi connectivity index (χ1n) is 11.9. The molecule has 0 saturated heterocycles. The molecule has 0 heteroatoms. The van der Waals surface area contributed by atoms with E-state index in [1.165, 1.54) is 75.4 Å². The van der Waals surface area contributed by atoms with Gasteiger partial charge >= 0.3 is 0 Å². The van der Waals surface area contributed by atoms with Crippen molar-refractivity contribution in [3.05, 3.63) is 35.5 Å². The molecule has 2 aliphatic carbocycles. The van der Waals surface area contributed by atoms with Crippen molar-refractivity contribution in [3.8, 4) is 0 Å². The molecule has 0 heterocycles. The molecule has 154 valence electrons. The minimum atomic E-state index is 0.504. The van der Waals surface area contributed by atoms with Crippen LogP contribution in [0.1, 0.15) is 112 Å². The Balaban J connectivity index is 1.94. The van der Waals surface area contributed by atoms with E-state index in [0.29, 0.717) is 5.41 Å². The molecule has 3 atom stereocenters. The van der Waals surface area contributed by atoms with Gasteiger partial charge in [0.15, 0.2) is 0 Å². The van der Waals surface area contributed by atoms with Gasteiger partial charge in [0.2, 0.25) is 0 Å². The zero-order chi connectivity index (χ0) is 19.9. The number of fused-ring (bicyclic) bond motifs is 1. The van der Waals surface area contributed by atoms with E-state index in [-0.39, 0.29) is 0 Å². The molecule has 0 N–H and O–H groups in total. The lowest BCUT2D eigenvalue weighted by molar-refractivity contribution is 0.257. The lowest BCUT2D eigenvalue weighted by atomic mass is 9.73. The summed E-state index contributed by atoms with van der Waals surface area (Å²) in [6.45, 7) is 16.0. The molecule has 3 unspecified atom stereocenters. The van der Waals surface area contributed by atoms with Crippen LogP contribution in [-0.4, -0.2) is 0 Å². The minimum absolute atomic E-state index is 0.504. The van der Waals surface area contributed by atoms with Crippen molar-refractivity contribution >= 4 is 0 Å². The normalized spacial score (nSPS) is 27.8. The second-order valence-corrected chi connectivity index (χ2v) is 10.4. The highest BCUT2D eigenvalue weighted by Gasteiger charge is 2.39. The summed E-state index contributed by atoms with van der Waals surface area (Å²) in [5, 5.41) is 0. The first-order valence-corrected chi connectivity index (χ1v) is 11.9. The summed E-state index contributed by atoms with van der Waals surface area (Å²) in [6.07, 6.45) is 21.3. The largest absolute Gasteiger partial charge is 0.0956 e. The lowest BCUT2D eigenvalue weighted by Gasteiger charge is -2.32.